The summed E-state index contributed by atoms with van der Waals surface area (Å²) in [4.78, 5) is 12.5. The van der Waals surface area contributed by atoms with Crippen molar-refractivity contribution in [2.75, 3.05) is 11.1 Å². The first kappa shape index (κ1) is 22.1. The number of carbonyl (C=O) groups excluding carboxylic acids is 1. The van der Waals surface area contributed by atoms with Crippen LogP contribution in [0, 0.1) is 0 Å². The van der Waals surface area contributed by atoms with E-state index in [1.165, 1.54) is 11.8 Å². The average molecular weight is 445 g/mol. The first-order valence-electron chi connectivity index (χ1n) is 9.46. The summed E-state index contributed by atoms with van der Waals surface area (Å²) in [7, 11) is 1.82. The highest BCUT2D eigenvalue weighted by Crippen LogP contribution is 2.26. The molecule has 1 amide bonds. The van der Waals surface area contributed by atoms with Crippen LogP contribution in [0.1, 0.15) is 26.5 Å². The molecule has 7 nitrogen and oxygen atoms in total. The second kappa shape index (κ2) is 9.06. The first-order chi connectivity index (χ1) is 14.2. The van der Waals surface area contributed by atoms with Crippen molar-refractivity contribution in [3.05, 3.63) is 53.7 Å². The lowest BCUT2D eigenvalue weighted by Crippen LogP contribution is -2.16. The number of nitrogens with zero attached hydrogens (tertiary/aromatic N) is 5. The van der Waals surface area contributed by atoms with E-state index in [9.17, 15) is 4.79 Å². The predicted octanol–water partition coefficient (Wildman–Crippen LogP) is 4.55. The van der Waals surface area contributed by atoms with E-state index in [2.05, 4.69) is 48.0 Å². The number of hydrogen-bond donors (Lipinski definition) is 1. The molecular weight excluding hydrogens is 420 g/mol. The van der Waals surface area contributed by atoms with E-state index in [1.54, 1.807) is 10.8 Å². The Hall–Kier alpha value is -2.58. The number of hydrogen-bond acceptors (Lipinski definition) is 5. The predicted molar refractivity (Wildman–Crippen MR) is 122 cm³/mol. The molecule has 0 saturated heterocycles. The Morgan fingerprint density at radius 3 is 2.57 bits per heavy atom. The van der Waals surface area contributed by atoms with Crippen LogP contribution in [0.5, 0.6) is 0 Å². The van der Waals surface area contributed by atoms with E-state index < -0.39 is 0 Å². The Kier molecular flexibility index (Phi) is 6.67. The van der Waals surface area contributed by atoms with Crippen molar-refractivity contribution in [1.82, 2.24) is 24.5 Å². The number of benzene rings is 1. The number of allylic oxidation sites excluding steroid dienone is 1. The molecule has 30 heavy (non-hydrogen) atoms. The number of halogens is 1. The number of rotatable bonds is 7. The van der Waals surface area contributed by atoms with Crippen molar-refractivity contribution < 1.29 is 4.79 Å². The monoisotopic (exact) mass is 444 g/mol. The molecule has 9 heteroatoms. The Morgan fingerprint density at radius 2 is 1.97 bits per heavy atom. The highest BCUT2D eigenvalue weighted by Gasteiger charge is 2.20. The molecule has 0 fully saturated rings. The minimum atomic E-state index is -0.135. The number of anilines is 1. The summed E-state index contributed by atoms with van der Waals surface area (Å²) < 4.78 is 3.61. The molecule has 0 unspecified atom stereocenters. The minimum Gasteiger partial charge on any atom is -0.310 e. The molecular formula is C21H25ClN6OS. The lowest BCUT2D eigenvalue weighted by Gasteiger charge is -2.13. The van der Waals surface area contributed by atoms with E-state index in [1.807, 2.05) is 41.9 Å². The van der Waals surface area contributed by atoms with Gasteiger partial charge in [-0.25, -0.2) is 0 Å². The summed E-state index contributed by atoms with van der Waals surface area (Å²) in [6, 6.07) is 9.31. The first-order valence-corrected chi connectivity index (χ1v) is 10.8. The van der Waals surface area contributed by atoms with Crippen LogP contribution in [0.4, 0.5) is 5.82 Å². The zero-order chi connectivity index (χ0) is 21.9. The van der Waals surface area contributed by atoms with Crippen LogP contribution < -0.4 is 5.32 Å². The average Bonchev–Trinajstić information content (AvgIpc) is 3.25. The Labute approximate surface area is 185 Å². The van der Waals surface area contributed by atoms with E-state index in [-0.39, 0.29) is 17.1 Å². The second-order valence-electron chi connectivity index (χ2n) is 7.84. The molecule has 1 N–H and O–H groups in total. The van der Waals surface area contributed by atoms with Crippen molar-refractivity contribution in [2.45, 2.75) is 37.9 Å². The van der Waals surface area contributed by atoms with Gasteiger partial charge in [0.2, 0.25) is 5.91 Å². The Balaban J connectivity index is 1.71. The maximum absolute atomic E-state index is 12.5. The maximum atomic E-state index is 12.5. The SMILES string of the molecule is C=CCn1c(SCC(=O)Nc2cc(C(C)(C)C)nn2C)nnc1-c1ccc(Cl)cc1. The highest BCUT2D eigenvalue weighted by atomic mass is 35.5. The molecule has 0 bridgehead atoms. The topological polar surface area (TPSA) is 77.6 Å². The van der Waals surface area contributed by atoms with Crippen LogP contribution in [0.25, 0.3) is 11.4 Å². The number of nitrogens with one attached hydrogen (secondary N) is 1. The van der Waals surface area contributed by atoms with Gasteiger partial charge in [-0.3, -0.25) is 14.0 Å². The zero-order valence-electron chi connectivity index (χ0n) is 17.5. The molecule has 0 aliphatic rings. The minimum absolute atomic E-state index is 0.0886. The van der Waals surface area contributed by atoms with E-state index in [4.69, 9.17) is 11.6 Å². The molecule has 0 spiro atoms. The lowest BCUT2D eigenvalue weighted by atomic mass is 9.92. The Bertz CT molecular complexity index is 1050. The van der Waals surface area contributed by atoms with Crippen LogP contribution in [0.15, 0.2) is 48.1 Å². The van der Waals surface area contributed by atoms with Gasteiger partial charge in [0, 0.05) is 35.7 Å². The summed E-state index contributed by atoms with van der Waals surface area (Å²) in [6.45, 7) is 10.6. The standard InChI is InChI=1S/C21H25ClN6OS/c1-6-11-28-19(14-7-9-15(22)10-8-14)24-25-20(28)30-13-18(29)23-17-12-16(21(2,3)4)26-27(17)5/h6-10,12H,1,11,13H2,2-5H3,(H,23,29). The molecule has 3 rings (SSSR count). The number of amides is 1. The van der Waals surface area contributed by atoms with Gasteiger partial charge in [-0.1, -0.05) is 50.2 Å². The molecule has 158 valence electrons. The molecule has 0 radical (unpaired) electrons. The third kappa shape index (κ3) is 5.12. The van der Waals surface area contributed by atoms with Gasteiger partial charge >= 0.3 is 0 Å². The molecule has 3 aromatic rings. The van der Waals surface area contributed by atoms with Crippen molar-refractivity contribution in [1.29, 1.82) is 0 Å². The third-order valence-electron chi connectivity index (χ3n) is 4.38. The van der Waals surface area contributed by atoms with Gasteiger partial charge in [0.15, 0.2) is 11.0 Å². The van der Waals surface area contributed by atoms with Gasteiger partial charge in [-0.05, 0) is 24.3 Å². The number of aromatic nitrogens is 5. The smallest absolute Gasteiger partial charge is 0.235 e. The highest BCUT2D eigenvalue weighted by molar-refractivity contribution is 7.99. The van der Waals surface area contributed by atoms with Crippen LogP contribution in [0.3, 0.4) is 0 Å². The normalized spacial score (nSPS) is 11.5. The van der Waals surface area contributed by atoms with Crippen LogP contribution in [-0.2, 0) is 23.8 Å². The molecule has 0 atom stereocenters. The van der Waals surface area contributed by atoms with Gasteiger partial charge in [-0.15, -0.1) is 16.8 Å². The lowest BCUT2D eigenvalue weighted by molar-refractivity contribution is -0.113. The van der Waals surface area contributed by atoms with Gasteiger partial charge < -0.3 is 5.32 Å². The van der Waals surface area contributed by atoms with Crippen LogP contribution >= 0.6 is 23.4 Å². The Morgan fingerprint density at radius 1 is 1.27 bits per heavy atom. The molecule has 1 aromatic carbocycles. The summed E-state index contributed by atoms with van der Waals surface area (Å²) in [5.74, 6) is 1.44. The third-order valence-corrected chi connectivity index (χ3v) is 5.60. The fourth-order valence-electron chi connectivity index (χ4n) is 2.76. The quantitative estimate of drug-likeness (QED) is 0.427. The van der Waals surface area contributed by atoms with Crippen LogP contribution in [-0.4, -0.2) is 36.2 Å². The number of aryl methyl sites for hydroxylation is 1. The molecule has 0 aliphatic heterocycles. The number of carbonyl (C=O) groups is 1. The van der Waals surface area contributed by atoms with Crippen molar-refractivity contribution in [2.24, 2.45) is 7.05 Å². The van der Waals surface area contributed by atoms with Crippen molar-refractivity contribution >= 4 is 35.1 Å². The molecule has 0 saturated carbocycles. The van der Waals surface area contributed by atoms with Gasteiger partial charge in [0.1, 0.15) is 5.82 Å². The fraction of sp³-hybridized carbons (Fsp3) is 0.333. The van der Waals surface area contributed by atoms with E-state index in [0.717, 1.165) is 11.3 Å². The largest absolute Gasteiger partial charge is 0.310 e. The van der Waals surface area contributed by atoms with Gasteiger partial charge in [-0.2, -0.15) is 5.10 Å². The molecule has 0 aliphatic carbocycles. The van der Waals surface area contributed by atoms with E-state index in [0.29, 0.717) is 28.4 Å². The second-order valence-corrected chi connectivity index (χ2v) is 9.22. The molecule has 2 heterocycles. The zero-order valence-corrected chi connectivity index (χ0v) is 19.1. The fourth-order valence-corrected chi connectivity index (χ4v) is 3.64. The van der Waals surface area contributed by atoms with Crippen molar-refractivity contribution in [3.8, 4) is 11.4 Å². The van der Waals surface area contributed by atoms with E-state index >= 15 is 0 Å². The summed E-state index contributed by atoms with van der Waals surface area (Å²) in [5.41, 5.74) is 1.73. The summed E-state index contributed by atoms with van der Waals surface area (Å²) >= 11 is 7.31. The summed E-state index contributed by atoms with van der Waals surface area (Å²) in [5, 5.41) is 17.3. The maximum Gasteiger partial charge on any atom is 0.235 e. The molecule has 2 aromatic heterocycles. The summed E-state index contributed by atoms with van der Waals surface area (Å²) in [6.07, 6.45) is 1.77. The van der Waals surface area contributed by atoms with Gasteiger partial charge in [0.05, 0.1) is 11.4 Å². The van der Waals surface area contributed by atoms with Crippen LogP contribution in [0.2, 0.25) is 5.02 Å². The van der Waals surface area contributed by atoms with Crippen molar-refractivity contribution in [3.63, 3.8) is 0 Å². The van der Waals surface area contributed by atoms with Gasteiger partial charge in [0.25, 0.3) is 0 Å². The number of thioether (sulfide) groups is 1.